The molecule has 3 N–H and O–H groups in total. The molecule has 0 unspecified atom stereocenters. The predicted octanol–water partition coefficient (Wildman–Crippen LogP) is 0.468. The van der Waals surface area contributed by atoms with E-state index in [1.165, 1.54) is 12.3 Å². The maximum atomic E-state index is 11.1. The van der Waals surface area contributed by atoms with E-state index >= 15 is 0 Å². The normalized spacial score (nSPS) is 9.81. The lowest BCUT2D eigenvalue weighted by Gasteiger charge is -2.04. The zero-order valence-electron chi connectivity index (χ0n) is 8.77. The van der Waals surface area contributed by atoms with E-state index in [1.807, 2.05) is 0 Å². The Hall–Kier alpha value is -2.11. The molecule has 0 aliphatic carbocycles. The number of nitrogen functional groups attached to an aromatic ring is 1. The molecule has 1 heterocycles. The molecule has 1 aromatic heterocycles. The molecule has 0 radical (unpaired) electrons. The van der Waals surface area contributed by atoms with Gasteiger partial charge in [-0.3, -0.25) is 9.78 Å². The summed E-state index contributed by atoms with van der Waals surface area (Å²) in [4.78, 5) is 25.8. The Bertz CT molecular complexity index is 417. The second-order valence-corrected chi connectivity index (χ2v) is 3.05. The van der Waals surface area contributed by atoms with Crippen molar-refractivity contribution in [2.45, 2.75) is 13.3 Å². The van der Waals surface area contributed by atoms with Gasteiger partial charge in [0.25, 0.3) is 0 Å². The summed E-state index contributed by atoms with van der Waals surface area (Å²) in [5, 5.41) is 8.80. The number of esters is 1. The van der Waals surface area contributed by atoms with E-state index in [0.717, 1.165) is 0 Å². The van der Waals surface area contributed by atoms with Gasteiger partial charge in [0, 0.05) is 0 Å². The lowest BCUT2D eigenvalue weighted by atomic mass is 10.1. The monoisotopic (exact) mass is 224 g/mol. The summed E-state index contributed by atoms with van der Waals surface area (Å²) < 4.78 is 4.72. The fourth-order valence-corrected chi connectivity index (χ4v) is 1.15. The molecule has 0 aromatic carbocycles. The number of carbonyl (C=O) groups is 2. The first-order chi connectivity index (χ1) is 7.54. The molecule has 0 aliphatic heterocycles. The maximum absolute atomic E-state index is 11.1. The van der Waals surface area contributed by atoms with E-state index in [9.17, 15) is 9.59 Å². The molecule has 0 fully saturated rings. The first-order valence-electron chi connectivity index (χ1n) is 4.68. The molecule has 1 aromatic rings. The van der Waals surface area contributed by atoms with Gasteiger partial charge in [-0.1, -0.05) is 0 Å². The van der Waals surface area contributed by atoms with Crippen LogP contribution in [0, 0.1) is 0 Å². The minimum Gasteiger partial charge on any atom is -0.478 e. The number of carboxylic acid groups (broad SMARTS) is 1. The number of carboxylic acids is 1. The fourth-order valence-electron chi connectivity index (χ4n) is 1.15. The van der Waals surface area contributed by atoms with Gasteiger partial charge in [-0.2, -0.15) is 0 Å². The van der Waals surface area contributed by atoms with Gasteiger partial charge in [0.2, 0.25) is 0 Å². The first kappa shape index (κ1) is 12.0. The Labute approximate surface area is 92.0 Å². The van der Waals surface area contributed by atoms with Crippen LogP contribution < -0.4 is 5.73 Å². The van der Waals surface area contributed by atoms with Gasteiger partial charge in [0.05, 0.1) is 36.2 Å². The Kier molecular flexibility index (Phi) is 3.82. The van der Waals surface area contributed by atoms with E-state index < -0.39 is 11.9 Å². The number of hydrogen-bond donors (Lipinski definition) is 2. The van der Waals surface area contributed by atoms with E-state index in [1.54, 1.807) is 6.92 Å². The van der Waals surface area contributed by atoms with Crippen LogP contribution in [0.4, 0.5) is 5.69 Å². The molecule has 0 aliphatic rings. The van der Waals surface area contributed by atoms with Gasteiger partial charge in [0.15, 0.2) is 0 Å². The van der Waals surface area contributed by atoms with Crippen LogP contribution in [-0.2, 0) is 16.0 Å². The number of rotatable bonds is 4. The molecule has 0 saturated heterocycles. The molecule has 16 heavy (non-hydrogen) atoms. The molecule has 0 atom stereocenters. The molecule has 6 nitrogen and oxygen atoms in total. The number of nitrogens with two attached hydrogens (primary N) is 1. The van der Waals surface area contributed by atoms with Crippen LogP contribution in [0.3, 0.4) is 0 Å². The number of hydrogen-bond acceptors (Lipinski definition) is 5. The summed E-state index contributed by atoms with van der Waals surface area (Å²) in [7, 11) is 0. The number of carbonyl (C=O) groups excluding carboxylic acids is 1. The second kappa shape index (κ2) is 5.11. The van der Waals surface area contributed by atoms with Gasteiger partial charge in [-0.25, -0.2) is 4.79 Å². The SMILES string of the molecule is CCOC(=O)Cc1cc(C(=O)O)c(N)cn1. The topological polar surface area (TPSA) is 103 Å². The molecule has 1 rings (SSSR count). The molecular weight excluding hydrogens is 212 g/mol. The van der Waals surface area contributed by atoms with Crippen LogP contribution in [0.1, 0.15) is 23.0 Å². The highest BCUT2D eigenvalue weighted by Crippen LogP contribution is 2.12. The van der Waals surface area contributed by atoms with Crippen LogP contribution in [0.5, 0.6) is 0 Å². The molecular formula is C10H12N2O4. The van der Waals surface area contributed by atoms with Gasteiger partial charge in [0.1, 0.15) is 0 Å². The molecule has 0 amide bonds. The second-order valence-electron chi connectivity index (χ2n) is 3.05. The molecule has 86 valence electrons. The third kappa shape index (κ3) is 2.94. The largest absolute Gasteiger partial charge is 0.478 e. The fraction of sp³-hybridized carbons (Fsp3) is 0.300. The maximum Gasteiger partial charge on any atom is 0.337 e. The smallest absolute Gasteiger partial charge is 0.337 e. The van der Waals surface area contributed by atoms with Crippen molar-refractivity contribution in [2.75, 3.05) is 12.3 Å². The summed E-state index contributed by atoms with van der Waals surface area (Å²) in [6.45, 7) is 1.97. The van der Waals surface area contributed by atoms with Crippen LogP contribution in [0.2, 0.25) is 0 Å². The Balaban J connectivity index is 2.87. The van der Waals surface area contributed by atoms with Gasteiger partial charge >= 0.3 is 11.9 Å². The number of anilines is 1. The zero-order valence-corrected chi connectivity index (χ0v) is 8.77. The average molecular weight is 224 g/mol. The molecule has 0 saturated carbocycles. The van der Waals surface area contributed by atoms with E-state index in [0.29, 0.717) is 5.69 Å². The van der Waals surface area contributed by atoms with Crippen molar-refractivity contribution < 1.29 is 19.4 Å². The van der Waals surface area contributed by atoms with Crippen molar-refractivity contribution in [3.8, 4) is 0 Å². The Morgan fingerprint density at radius 2 is 2.25 bits per heavy atom. The predicted molar refractivity (Wildman–Crippen MR) is 55.9 cm³/mol. The van der Waals surface area contributed by atoms with Crippen LogP contribution in [0.25, 0.3) is 0 Å². The summed E-state index contributed by atoms with van der Waals surface area (Å²) in [5.41, 5.74) is 5.75. The highest BCUT2D eigenvalue weighted by Gasteiger charge is 2.12. The number of nitrogens with zero attached hydrogens (tertiary/aromatic N) is 1. The summed E-state index contributed by atoms with van der Waals surface area (Å²) in [6.07, 6.45) is 1.16. The standard InChI is InChI=1S/C10H12N2O4/c1-2-16-9(13)4-6-3-7(10(14)15)8(11)5-12-6/h3,5H,2,4,11H2,1H3,(H,14,15). The van der Waals surface area contributed by atoms with Crippen LogP contribution in [0.15, 0.2) is 12.3 Å². The van der Waals surface area contributed by atoms with E-state index in [2.05, 4.69) is 4.98 Å². The first-order valence-corrected chi connectivity index (χ1v) is 4.68. The summed E-state index contributed by atoms with van der Waals surface area (Å²) in [5.74, 6) is -1.60. The van der Waals surface area contributed by atoms with Crippen molar-refractivity contribution in [1.29, 1.82) is 0 Å². The number of aromatic carboxylic acids is 1. The summed E-state index contributed by atoms with van der Waals surface area (Å²) in [6, 6.07) is 1.27. The zero-order chi connectivity index (χ0) is 12.1. The van der Waals surface area contributed by atoms with Crippen molar-refractivity contribution in [2.24, 2.45) is 0 Å². The van der Waals surface area contributed by atoms with Gasteiger partial charge in [-0.15, -0.1) is 0 Å². The highest BCUT2D eigenvalue weighted by atomic mass is 16.5. The third-order valence-corrected chi connectivity index (χ3v) is 1.85. The molecule has 6 heteroatoms. The number of pyridine rings is 1. The minimum absolute atomic E-state index is 0.0608. The molecule has 0 spiro atoms. The Morgan fingerprint density at radius 3 is 2.81 bits per heavy atom. The lowest BCUT2D eigenvalue weighted by molar-refractivity contribution is -0.142. The number of ether oxygens (including phenoxy) is 1. The van der Waals surface area contributed by atoms with Crippen molar-refractivity contribution >= 4 is 17.6 Å². The van der Waals surface area contributed by atoms with Crippen molar-refractivity contribution in [3.63, 3.8) is 0 Å². The number of aromatic nitrogens is 1. The average Bonchev–Trinajstić information content (AvgIpc) is 2.21. The van der Waals surface area contributed by atoms with Crippen LogP contribution >= 0.6 is 0 Å². The van der Waals surface area contributed by atoms with Gasteiger partial charge < -0.3 is 15.6 Å². The molecule has 0 bridgehead atoms. The van der Waals surface area contributed by atoms with E-state index in [-0.39, 0.29) is 24.3 Å². The highest BCUT2D eigenvalue weighted by molar-refractivity contribution is 5.93. The van der Waals surface area contributed by atoms with E-state index in [4.69, 9.17) is 15.6 Å². The van der Waals surface area contributed by atoms with Crippen molar-refractivity contribution in [1.82, 2.24) is 4.98 Å². The Morgan fingerprint density at radius 1 is 1.56 bits per heavy atom. The van der Waals surface area contributed by atoms with Crippen molar-refractivity contribution in [3.05, 3.63) is 23.5 Å². The van der Waals surface area contributed by atoms with Gasteiger partial charge in [-0.05, 0) is 13.0 Å². The minimum atomic E-state index is -1.15. The quantitative estimate of drug-likeness (QED) is 0.720. The van der Waals surface area contributed by atoms with Crippen LogP contribution in [-0.4, -0.2) is 28.6 Å². The summed E-state index contributed by atoms with van der Waals surface area (Å²) >= 11 is 0. The third-order valence-electron chi connectivity index (χ3n) is 1.85. The lowest BCUT2D eigenvalue weighted by Crippen LogP contribution is -2.11.